The molecule has 0 aliphatic rings. The Morgan fingerprint density at radius 3 is 2.80 bits per heavy atom. The number of benzene rings is 1. The van der Waals surface area contributed by atoms with E-state index in [1.54, 1.807) is 10.6 Å². The van der Waals surface area contributed by atoms with Gasteiger partial charge in [0.25, 0.3) is 0 Å². The van der Waals surface area contributed by atoms with Crippen molar-refractivity contribution in [3.63, 3.8) is 0 Å². The van der Waals surface area contributed by atoms with Gasteiger partial charge < -0.3 is 4.98 Å². The summed E-state index contributed by atoms with van der Waals surface area (Å²) < 4.78 is 28.3. The van der Waals surface area contributed by atoms with Crippen molar-refractivity contribution in [1.82, 2.24) is 14.5 Å². The molecule has 0 amide bonds. The number of nitrogens with one attached hydrogen (secondary N) is 1. The maximum Gasteiger partial charge on any atom is 0.179 e. The lowest BCUT2D eigenvalue weighted by Gasteiger charge is -2.05. The van der Waals surface area contributed by atoms with Gasteiger partial charge in [0.2, 0.25) is 0 Å². The van der Waals surface area contributed by atoms with Crippen molar-refractivity contribution in [2.45, 2.75) is 6.54 Å². The van der Waals surface area contributed by atoms with Gasteiger partial charge in [-0.1, -0.05) is 17.7 Å². The second-order valence-corrected chi connectivity index (χ2v) is 5.11. The van der Waals surface area contributed by atoms with Crippen molar-refractivity contribution in [2.24, 2.45) is 0 Å². The maximum atomic E-state index is 13.2. The minimum atomic E-state index is -0.884. The van der Waals surface area contributed by atoms with E-state index in [0.717, 1.165) is 12.1 Å². The van der Waals surface area contributed by atoms with Gasteiger partial charge in [0.1, 0.15) is 0 Å². The zero-order chi connectivity index (χ0) is 14.3. The molecule has 0 bridgehead atoms. The Kier molecular flexibility index (Phi) is 3.27. The standard InChI is InChI=1S/C13H8ClF2N3S/c14-8-4-11-12(17-5-8)19(13(20)18-11)6-7-1-2-9(15)10(16)3-7/h1-5H,6H2,(H,18,20). The van der Waals surface area contributed by atoms with Gasteiger partial charge in [0.15, 0.2) is 22.1 Å². The molecule has 0 fully saturated rings. The first-order valence-corrected chi connectivity index (χ1v) is 6.51. The number of aromatic nitrogens is 3. The molecule has 0 unspecified atom stereocenters. The fourth-order valence-corrected chi connectivity index (χ4v) is 2.40. The Labute approximate surface area is 122 Å². The smallest absolute Gasteiger partial charge is 0.179 e. The van der Waals surface area contributed by atoms with Gasteiger partial charge in [-0.15, -0.1) is 0 Å². The van der Waals surface area contributed by atoms with Crippen LogP contribution < -0.4 is 0 Å². The first-order valence-electron chi connectivity index (χ1n) is 5.72. The van der Waals surface area contributed by atoms with E-state index in [2.05, 4.69) is 9.97 Å². The summed E-state index contributed by atoms with van der Waals surface area (Å²) in [5.41, 5.74) is 1.91. The van der Waals surface area contributed by atoms with E-state index in [0.29, 0.717) is 33.1 Å². The van der Waals surface area contributed by atoms with Crippen molar-refractivity contribution in [3.8, 4) is 0 Å². The predicted molar refractivity (Wildman–Crippen MR) is 75.4 cm³/mol. The van der Waals surface area contributed by atoms with E-state index in [-0.39, 0.29) is 0 Å². The van der Waals surface area contributed by atoms with Crippen molar-refractivity contribution < 1.29 is 8.78 Å². The van der Waals surface area contributed by atoms with Gasteiger partial charge >= 0.3 is 0 Å². The van der Waals surface area contributed by atoms with Crippen LogP contribution in [0.5, 0.6) is 0 Å². The Bertz CT molecular complexity index is 856. The summed E-state index contributed by atoms with van der Waals surface area (Å²) in [6, 6.07) is 5.45. The first-order chi connectivity index (χ1) is 9.54. The molecule has 102 valence electrons. The molecular weight excluding hydrogens is 304 g/mol. The van der Waals surface area contributed by atoms with Crippen LogP contribution in [-0.4, -0.2) is 14.5 Å². The summed E-state index contributed by atoms with van der Waals surface area (Å²) in [5.74, 6) is -1.76. The van der Waals surface area contributed by atoms with Crippen LogP contribution in [-0.2, 0) is 6.54 Å². The van der Waals surface area contributed by atoms with Gasteiger partial charge in [-0.05, 0) is 36.0 Å². The van der Waals surface area contributed by atoms with Crippen molar-refractivity contribution >= 4 is 35.0 Å². The number of rotatable bonds is 2. The second-order valence-electron chi connectivity index (χ2n) is 4.29. The molecule has 3 nitrogen and oxygen atoms in total. The van der Waals surface area contributed by atoms with Crippen molar-refractivity contribution in [1.29, 1.82) is 0 Å². The quantitative estimate of drug-likeness (QED) is 0.724. The summed E-state index contributed by atoms with van der Waals surface area (Å²) in [7, 11) is 0. The number of aromatic amines is 1. The van der Waals surface area contributed by atoms with Crippen molar-refractivity contribution in [3.05, 3.63) is 57.5 Å². The number of hydrogen-bond acceptors (Lipinski definition) is 2. The highest BCUT2D eigenvalue weighted by Crippen LogP contribution is 2.18. The van der Waals surface area contributed by atoms with Crippen LogP contribution in [0.4, 0.5) is 8.78 Å². The number of fused-ring (bicyclic) bond motifs is 1. The topological polar surface area (TPSA) is 33.6 Å². The third-order valence-corrected chi connectivity index (χ3v) is 3.43. The van der Waals surface area contributed by atoms with Gasteiger partial charge in [-0.25, -0.2) is 13.8 Å². The van der Waals surface area contributed by atoms with Crippen LogP contribution in [0.3, 0.4) is 0 Å². The largest absolute Gasteiger partial charge is 0.329 e. The van der Waals surface area contributed by atoms with E-state index in [1.165, 1.54) is 12.3 Å². The normalized spacial score (nSPS) is 11.2. The average molecular weight is 312 g/mol. The predicted octanol–water partition coefficient (Wildman–Crippen LogP) is 4.07. The molecule has 3 aromatic rings. The molecule has 0 aliphatic carbocycles. The molecule has 2 aromatic heterocycles. The Hall–Kier alpha value is -1.79. The average Bonchev–Trinajstić information content (AvgIpc) is 2.69. The summed E-state index contributed by atoms with van der Waals surface area (Å²) in [4.78, 5) is 7.18. The number of pyridine rings is 1. The number of H-pyrrole nitrogens is 1. The molecule has 20 heavy (non-hydrogen) atoms. The molecule has 0 saturated heterocycles. The zero-order valence-electron chi connectivity index (χ0n) is 10.0. The van der Waals surface area contributed by atoms with Gasteiger partial charge in [0, 0.05) is 6.20 Å². The van der Waals surface area contributed by atoms with E-state index in [9.17, 15) is 8.78 Å². The molecule has 0 spiro atoms. The second kappa shape index (κ2) is 4.96. The fourth-order valence-electron chi connectivity index (χ4n) is 1.99. The molecule has 2 heterocycles. The molecule has 1 aromatic carbocycles. The number of nitrogens with zero attached hydrogens (tertiary/aromatic N) is 2. The highest BCUT2D eigenvalue weighted by Gasteiger charge is 2.09. The van der Waals surface area contributed by atoms with Crippen LogP contribution in [0.2, 0.25) is 5.02 Å². The van der Waals surface area contributed by atoms with Gasteiger partial charge in [-0.2, -0.15) is 0 Å². The molecular formula is C13H8ClF2N3S. The minimum absolute atomic E-state index is 0.296. The summed E-state index contributed by atoms with van der Waals surface area (Å²) in [6.07, 6.45) is 1.51. The SMILES string of the molecule is Fc1ccc(Cn2c(=S)[nH]c3cc(Cl)cnc32)cc1F. The zero-order valence-corrected chi connectivity index (χ0v) is 11.6. The van der Waals surface area contributed by atoms with Crippen LogP contribution in [0.25, 0.3) is 11.2 Å². The summed E-state index contributed by atoms with van der Waals surface area (Å²) >= 11 is 11.1. The van der Waals surface area contributed by atoms with Crippen LogP contribution >= 0.6 is 23.8 Å². The van der Waals surface area contributed by atoms with E-state index in [4.69, 9.17) is 23.8 Å². The number of halogens is 3. The van der Waals surface area contributed by atoms with Crippen LogP contribution in [0, 0.1) is 16.4 Å². The van der Waals surface area contributed by atoms with Crippen molar-refractivity contribution in [2.75, 3.05) is 0 Å². The van der Waals surface area contributed by atoms with Gasteiger partial charge in [0.05, 0.1) is 17.1 Å². The molecule has 0 radical (unpaired) electrons. The molecule has 0 atom stereocenters. The van der Waals surface area contributed by atoms with E-state index >= 15 is 0 Å². The molecule has 3 rings (SSSR count). The number of hydrogen-bond donors (Lipinski definition) is 1. The third-order valence-electron chi connectivity index (χ3n) is 2.90. The Morgan fingerprint density at radius 1 is 1.25 bits per heavy atom. The number of imidazole rings is 1. The molecule has 7 heteroatoms. The molecule has 0 aliphatic heterocycles. The Balaban J connectivity index is 2.08. The fraction of sp³-hybridized carbons (Fsp3) is 0.0769. The maximum absolute atomic E-state index is 13.2. The lowest BCUT2D eigenvalue weighted by atomic mass is 10.2. The lowest BCUT2D eigenvalue weighted by molar-refractivity contribution is 0.506. The highest BCUT2D eigenvalue weighted by atomic mass is 35.5. The third kappa shape index (κ3) is 2.32. The molecule has 1 N–H and O–H groups in total. The monoisotopic (exact) mass is 311 g/mol. The summed E-state index contributed by atoms with van der Waals surface area (Å²) in [5, 5.41) is 0.494. The van der Waals surface area contributed by atoms with Crippen LogP contribution in [0.15, 0.2) is 30.5 Å². The van der Waals surface area contributed by atoms with Gasteiger partial charge in [-0.3, -0.25) is 4.57 Å². The van der Waals surface area contributed by atoms with Crippen LogP contribution in [0.1, 0.15) is 5.56 Å². The molecule has 0 saturated carbocycles. The first kappa shape index (κ1) is 13.2. The highest BCUT2D eigenvalue weighted by molar-refractivity contribution is 7.71. The minimum Gasteiger partial charge on any atom is -0.329 e. The van der Waals surface area contributed by atoms with E-state index < -0.39 is 11.6 Å². The lowest BCUT2D eigenvalue weighted by Crippen LogP contribution is -2.01. The Morgan fingerprint density at radius 2 is 2.05 bits per heavy atom. The van der Waals surface area contributed by atoms with E-state index in [1.807, 2.05) is 0 Å². The summed E-state index contributed by atoms with van der Waals surface area (Å²) in [6.45, 7) is 0.296.